The van der Waals surface area contributed by atoms with Gasteiger partial charge < -0.3 is 10.1 Å². The van der Waals surface area contributed by atoms with E-state index in [4.69, 9.17) is 16.3 Å². The Morgan fingerprint density at radius 1 is 1.53 bits per heavy atom. The topological polar surface area (TPSA) is 21.3 Å². The predicted molar refractivity (Wildman–Crippen MR) is 71.5 cm³/mol. The van der Waals surface area contributed by atoms with Gasteiger partial charge in [0.25, 0.3) is 0 Å². The quantitative estimate of drug-likeness (QED) is 0.889. The van der Waals surface area contributed by atoms with Gasteiger partial charge in [-0.05, 0) is 43.1 Å². The van der Waals surface area contributed by atoms with Crippen LogP contribution < -0.4 is 5.32 Å². The summed E-state index contributed by atoms with van der Waals surface area (Å²) in [6.45, 7) is 7.00. The van der Waals surface area contributed by atoms with Crippen molar-refractivity contribution in [2.24, 2.45) is 5.92 Å². The third-order valence-electron chi connectivity index (χ3n) is 3.43. The van der Waals surface area contributed by atoms with Gasteiger partial charge in [-0.2, -0.15) is 0 Å². The fourth-order valence-electron chi connectivity index (χ4n) is 2.55. The van der Waals surface area contributed by atoms with Crippen LogP contribution in [0.1, 0.15) is 30.5 Å². The third kappa shape index (κ3) is 3.01. The van der Waals surface area contributed by atoms with E-state index in [0.717, 1.165) is 31.2 Å². The van der Waals surface area contributed by atoms with E-state index in [9.17, 15) is 0 Å². The van der Waals surface area contributed by atoms with Crippen LogP contribution in [0.5, 0.6) is 0 Å². The lowest BCUT2D eigenvalue weighted by atomic mass is 9.89. The molecule has 1 fully saturated rings. The fraction of sp³-hybridized carbons (Fsp3) is 0.571. The highest BCUT2D eigenvalue weighted by Crippen LogP contribution is 2.31. The standard InChI is InChI=1S/C14H20ClNO/c1-3-16-14(11-6-7-17-9-11)13-5-4-12(15)8-10(13)2/h4-5,8,11,14,16H,3,6-7,9H2,1-2H3. The first-order chi connectivity index (χ1) is 8.22. The van der Waals surface area contributed by atoms with Gasteiger partial charge in [-0.1, -0.05) is 24.6 Å². The van der Waals surface area contributed by atoms with Crippen LogP contribution in [0.2, 0.25) is 5.02 Å². The zero-order valence-corrected chi connectivity index (χ0v) is 11.3. The van der Waals surface area contributed by atoms with E-state index < -0.39 is 0 Å². The van der Waals surface area contributed by atoms with E-state index in [0.29, 0.717) is 12.0 Å². The molecule has 1 aliphatic heterocycles. The van der Waals surface area contributed by atoms with Crippen molar-refractivity contribution >= 4 is 11.6 Å². The average molecular weight is 254 g/mol. The van der Waals surface area contributed by atoms with E-state index in [1.54, 1.807) is 0 Å². The summed E-state index contributed by atoms with van der Waals surface area (Å²) in [4.78, 5) is 0. The molecule has 1 aromatic rings. The van der Waals surface area contributed by atoms with Crippen LogP contribution in [0.25, 0.3) is 0 Å². The molecule has 94 valence electrons. The minimum atomic E-state index is 0.389. The van der Waals surface area contributed by atoms with Gasteiger partial charge >= 0.3 is 0 Å². The summed E-state index contributed by atoms with van der Waals surface area (Å²) >= 11 is 6.01. The van der Waals surface area contributed by atoms with Gasteiger partial charge in [0.2, 0.25) is 0 Å². The Hall–Kier alpha value is -0.570. The van der Waals surface area contributed by atoms with Crippen LogP contribution in [0, 0.1) is 12.8 Å². The maximum absolute atomic E-state index is 6.01. The number of ether oxygens (including phenoxy) is 1. The summed E-state index contributed by atoms with van der Waals surface area (Å²) < 4.78 is 5.50. The Morgan fingerprint density at radius 2 is 2.35 bits per heavy atom. The maximum atomic E-state index is 6.01. The highest BCUT2D eigenvalue weighted by Gasteiger charge is 2.27. The number of benzene rings is 1. The molecule has 0 aromatic heterocycles. The molecule has 0 bridgehead atoms. The minimum absolute atomic E-state index is 0.389. The van der Waals surface area contributed by atoms with Crippen molar-refractivity contribution in [2.75, 3.05) is 19.8 Å². The number of rotatable bonds is 4. The lowest BCUT2D eigenvalue weighted by molar-refractivity contribution is 0.177. The summed E-state index contributed by atoms with van der Waals surface area (Å²) in [6, 6.07) is 6.55. The Labute approximate surface area is 108 Å². The van der Waals surface area contributed by atoms with Crippen LogP contribution in [0.4, 0.5) is 0 Å². The second-order valence-electron chi connectivity index (χ2n) is 4.66. The van der Waals surface area contributed by atoms with E-state index in [1.807, 2.05) is 12.1 Å². The lowest BCUT2D eigenvalue weighted by Crippen LogP contribution is -2.29. The number of hydrogen-bond donors (Lipinski definition) is 1. The second kappa shape index (κ2) is 5.85. The van der Waals surface area contributed by atoms with Crippen molar-refractivity contribution in [3.63, 3.8) is 0 Å². The molecule has 2 rings (SSSR count). The maximum Gasteiger partial charge on any atom is 0.0513 e. The van der Waals surface area contributed by atoms with E-state index in [-0.39, 0.29) is 0 Å². The molecule has 17 heavy (non-hydrogen) atoms. The summed E-state index contributed by atoms with van der Waals surface area (Å²) in [5.74, 6) is 0.579. The van der Waals surface area contributed by atoms with Gasteiger partial charge in [-0.3, -0.25) is 0 Å². The molecule has 2 atom stereocenters. The van der Waals surface area contributed by atoms with Gasteiger partial charge in [0, 0.05) is 23.6 Å². The van der Waals surface area contributed by atoms with Gasteiger partial charge in [0.15, 0.2) is 0 Å². The molecule has 1 N–H and O–H groups in total. The van der Waals surface area contributed by atoms with Crippen LogP contribution in [-0.2, 0) is 4.74 Å². The van der Waals surface area contributed by atoms with Gasteiger partial charge in [0.1, 0.15) is 0 Å². The third-order valence-corrected chi connectivity index (χ3v) is 3.66. The highest BCUT2D eigenvalue weighted by atomic mass is 35.5. The number of aryl methyl sites for hydroxylation is 1. The van der Waals surface area contributed by atoms with Crippen molar-refractivity contribution in [1.29, 1.82) is 0 Å². The number of nitrogens with one attached hydrogen (secondary N) is 1. The van der Waals surface area contributed by atoms with Crippen molar-refractivity contribution < 1.29 is 4.74 Å². The molecule has 0 aliphatic carbocycles. The molecule has 2 unspecified atom stereocenters. The molecular formula is C14H20ClNO. The van der Waals surface area contributed by atoms with Gasteiger partial charge in [-0.25, -0.2) is 0 Å². The molecule has 1 aromatic carbocycles. The molecule has 0 amide bonds. The van der Waals surface area contributed by atoms with Crippen molar-refractivity contribution in [3.05, 3.63) is 34.3 Å². The molecule has 1 aliphatic rings. The lowest BCUT2D eigenvalue weighted by Gasteiger charge is -2.25. The largest absolute Gasteiger partial charge is 0.381 e. The van der Waals surface area contributed by atoms with Crippen molar-refractivity contribution in [2.45, 2.75) is 26.3 Å². The fourth-order valence-corrected chi connectivity index (χ4v) is 2.78. The van der Waals surface area contributed by atoms with Crippen LogP contribution >= 0.6 is 11.6 Å². The van der Waals surface area contributed by atoms with Crippen LogP contribution in [0.3, 0.4) is 0 Å². The normalized spacial score (nSPS) is 21.7. The monoisotopic (exact) mass is 253 g/mol. The number of halogens is 1. The zero-order chi connectivity index (χ0) is 12.3. The first kappa shape index (κ1) is 12.9. The summed E-state index contributed by atoms with van der Waals surface area (Å²) in [5, 5.41) is 4.39. The molecule has 1 saturated heterocycles. The van der Waals surface area contributed by atoms with E-state index >= 15 is 0 Å². The van der Waals surface area contributed by atoms with E-state index in [2.05, 4.69) is 25.2 Å². The highest BCUT2D eigenvalue weighted by molar-refractivity contribution is 6.30. The van der Waals surface area contributed by atoms with Crippen LogP contribution in [0.15, 0.2) is 18.2 Å². The number of hydrogen-bond acceptors (Lipinski definition) is 2. The average Bonchev–Trinajstić information content (AvgIpc) is 2.80. The summed E-state index contributed by atoms with van der Waals surface area (Å²) in [7, 11) is 0. The van der Waals surface area contributed by atoms with E-state index in [1.165, 1.54) is 11.1 Å². The molecule has 0 radical (unpaired) electrons. The smallest absolute Gasteiger partial charge is 0.0513 e. The second-order valence-corrected chi connectivity index (χ2v) is 5.10. The predicted octanol–water partition coefficient (Wildman–Crippen LogP) is 3.34. The molecule has 0 saturated carbocycles. The zero-order valence-electron chi connectivity index (χ0n) is 10.5. The van der Waals surface area contributed by atoms with Crippen molar-refractivity contribution in [1.82, 2.24) is 5.32 Å². The Balaban J connectivity index is 2.24. The summed E-state index contributed by atoms with van der Waals surface area (Å²) in [6.07, 6.45) is 1.14. The van der Waals surface area contributed by atoms with Crippen molar-refractivity contribution in [3.8, 4) is 0 Å². The Bertz CT molecular complexity index is 374. The first-order valence-corrected chi connectivity index (χ1v) is 6.67. The first-order valence-electron chi connectivity index (χ1n) is 6.29. The van der Waals surface area contributed by atoms with Gasteiger partial charge in [-0.15, -0.1) is 0 Å². The molecular weight excluding hydrogens is 234 g/mol. The molecule has 0 spiro atoms. The summed E-state index contributed by atoms with van der Waals surface area (Å²) in [5.41, 5.74) is 2.61. The molecule has 1 heterocycles. The SMILES string of the molecule is CCNC(c1ccc(Cl)cc1C)C1CCOC1. The molecule has 2 nitrogen and oxygen atoms in total. The minimum Gasteiger partial charge on any atom is -0.381 e. The molecule has 3 heteroatoms. The Morgan fingerprint density at radius 3 is 2.94 bits per heavy atom. The van der Waals surface area contributed by atoms with Gasteiger partial charge in [0.05, 0.1) is 6.61 Å². The van der Waals surface area contributed by atoms with Crippen LogP contribution in [-0.4, -0.2) is 19.8 Å². The Kier molecular flexibility index (Phi) is 4.43.